The van der Waals surface area contributed by atoms with Crippen LogP contribution in [0.1, 0.15) is 31.1 Å². The molecule has 0 fully saturated rings. The molecule has 2 aromatic rings. The molecule has 0 saturated heterocycles. The van der Waals surface area contributed by atoms with E-state index >= 15 is 0 Å². The molecule has 2 rings (SSSR count). The highest BCUT2D eigenvalue weighted by atomic mass is 28.3. The average molecular weight is 275 g/mol. The summed E-state index contributed by atoms with van der Waals surface area (Å²) < 4.78 is 2.23. The van der Waals surface area contributed by atoms with Crippen LogP contribution in [0, 0.1) is 0 Å². The van der Waals surface area contributed by atoms with E-state index in [4.69, 9.17) is 0 Å². The van der Waals surface area contributed by atoms with Gasteiger partial charge in [0, 0.05) is 17.1 Å². The van der Waals surface area contributed by atoms with Crippen molar-refractivity contribution in [1.82, 2.24) is 4.23 Å². The zero-order chi connectivity index (χ0) is 14.4. The van der Waals surface area contributed by atoms with Crippen molar-refractivity contribution in [2.45, 2.75) is 38.9 Å². The molecule has 1 heterocycles. The molecule has 0 unspecified atom stereocenters. The maximum atomic E-state index is 11.4. The van der Waals surface area contributed by atoms with Crippen LogP contribution in [0.15, 0.2) is 30.5 Å². The molecule has 0 aliphatic carbocycles. The Labute approximate surface area is 115 Å². The molecule has 1 aromatic carbocycles. The van der Waals surface area contributed by atoms with Crippen molar-refractivity contribution in [2.24, 2.45) is 0 Å². The van der Waals surface area contributed by atoms with Crippen molar-refractivity contribution < 1.29 is 9.90 Å². The zero-order valence-corrected chi connectivity index (χ0v) is 13.2. The molecule has 0 aliphatic rings. The van der Waals surface area contributed by atoms with Crippen molar-refractivity contribution in [2.75, 3.05) is 0 Å². The molecule has 1 N–H and O–H groups in total. The number of para-hydroxylation sites is 1. The lowest BCUT2D eigenvalue weighted by Gasteiger charge is -2.38. The van der Waals surface area contributed by atoms with Gasteiger partial charge in [-0.2, -0.15) is 0 Å². The third-order valence-electron chi connectivity index (χ3n) is 4.38. The molecule has 1 aromatic heterocycles. The first-order chi connectivity index (χ1) is 8.66. The van der Waals surface area contributed by atoms with Crippen LogP contribution in [0.5, 0.6) is 0 Å². The Balaban J connectivity index is 2.79. The maximum absolute atomic E-state index is 11.4. The Morgan fingerprint density at radius 2 is 1.79 bits per heavy atom. The van der Waals surface area contributed by atoms with E-state index < -0.39 is 14.2 Å². The van der Waals surface area contributed by atoms with Crippen LogP contribution in [-0.4, -0.2) is 23.5 Å². The molecule has 102 valence electrons. The largest absolute Gasteiger partial charge is 0.478 e. The summed E-state index contributed by atoms with van der Waals surface area (Å²) in [7, 11) is -1.82. The van der Waals surface area contributed by atoms with Gasteiger partial charge in [0.05, 0.1) is 5.56 Å². The van der Waals surface area contributed by atoms with Gasteiger partial charge in [0.1, 0.15) is 0 Å². The minimum atomic E-state index is -1.82. The summed E-state index contributed by atoms with van der Waals surface area (Å²) in [5.41, 5.74) is 1.44. The lowest BCUT2D eigenvalue weighted by atomic mass is 10.2. The maximum Gasteiger partial charge on any atom is 0.337 e. The monoisotopic (exact) mass is 275 g/mol. The van der Waals surface area contributed by atoms with E-state index in [9.17, 15) is 9.90 Å². The van der Waals surface area contributed by atoms with E-state index in [0.29, 0.717) is 5.56 Å². The van der Waals surface area contributed by atoms with Gasteiger partial charge in [0.25, 0.3) is 0 Å². The second kappa shape index (κ2) is 4.23. The van der Waals surface area contributed by atoms with E-state index in [1.165, 1.54) is 0 Å². The van der Waals surface area contributed by atoms with Gasteiger partial charge in [0.2, 0.25) is 0 Å². The van der Waals surface area contributed by atoms with Gasteiger partial charge >= 0.3 is 5.97 Å². The molecule has 0 aliphatic heterocycles. The van der Waals surface area contributed by atoms with Crippen LogP contribution in [0.3, 0.4) is 0 Å². The fourth-order valence-electron chi connectivity index (χ4n) is 2.17. The first-order valence-corrected chi connectivity index (χ1v) is 9.45. The number of hydrogen-bond acceptors (Lipinski definition) is 1. The third-order valence-corrected chi connectivity index (χ3v) is 9.63. The lowest BCUT2D eigenvalue weighted by Crippen LogP contribution is -2.44. The first-order valence-electron chi connectivity index (χ1n) is 6.50. The van der Waals surface area contributed by atoms with Crippen molar-refractivity contribution in [1.29, 1.82) is 0 Å². The second-order valence-corrected chi connectivity index (χ2v) is 11.6. The summed E-state index contributed by atoms with van der Waals surface area (Å²) in [4.78, 5) is 11.4. The number of carbonyl (C=O) groups is 1. The van der Waals surface area contributed by atoms with E-state index in [1.54, 1.807) is 0 Å². The molecule has 0 bridgehead atoms. The number of benzene rings is 1. The van der Waals surface area contributed by atoms with Crippen LogP contribution in [0.4, 0.5) is 0 Å². The zero-order valence-electron chi connectivity index (χ0n) is 12.2. The van der Waals surface area contributed by atoms with Crippen molar-refractivity contribution >= 4 is 25.1 Å². The van der Waals surface area contributed by atoms with Gasteiger partial charge in [-0.05, 0) is 11.1 Å². The smallest absolute Gasteiger partial charge is 0.337 e. The normalized spacial score (nSPS) is 12.9. The third kappa shape index (κ3) is 2.10. The Kier molecular flexibility index (Phi) is 3.09. The van der Waals surface area contributed by atoms with Crippen LogP contribution < -0.4 is 0 Å². The van der Waals surface area contributed by atoms with Gasteiger partial charge in [0.15, 0.2) is 8.24 Å². The van der Waals surface area contributed by atoms with Crippen LogP contribution in [0.25, 0.3) is 10.9 Å². The van der Waals surface area contributed by atoms with Gasteiger partial charge in [-0.25, -0.2) is 4.79 Å². The number of hydrogen-bond donors (Lipinski definition) is 1. The van der Waals surface area contributed by atoms with Crippen LogP contribution >= 0.6 is 0 Å². The highest BCUT2D eigenvalue weighted by molar-refractivity contribution is 6.79. The number of rotatable bonds is 2. The van der Waals surface area contributed by atoms with E-state index in [1.807, 2.05) is 30.5 Å². The molecule has 4 heteroatoms. The molecular weight excluding hydrogens is 254 g/mol. The number of nitrogens with zero attached hydrogens (tertiary/aromatic N) is 1. The predicted molar refractivity (Wildman–Crippen MR) is 81.5 cm³/mol. The van der Waals surface area contributed by atoms with Crippen molar-refractivity contribution in [3.63, 3.8) is 0 Å². The number of carboxylic acids is 1. The lowest BCUT2D eigenvalue weighted by molar-refractivity contribution is 0.0699. The number of fused-ring (bicyclic) bond motifs is 1. The number of aromatic carboxylic acids is 1. The minimum absolute atomic E-state index is 0.157. The Morgan fingerprint density at radius 3 is 2.32 bits per heavy atom. The average Bonchev–Trinajstić information content (AvgIpc) is 2.67. The fraction of sp³-hybridized carbons (Fsp3) is 0.400. The first kappa shape index (κ1) is 13.9. The summed E-state index contributed by atoms with van der Waals surface area (Å²) >= 11 is 0. The quantitative estimate of drug-likeness (QED) is 0.835. The van der Waals surface area contributed by atoms with Crippen LogP contribution in [0.2, 0.25) is 18.1 Å². The molecule has 0 atom stereocenters. The number of aromatic nitrogens is 1. The molecule has 19 heavy (non-hydrogen) atoms. The fourth-order valence-corrected chi connectivity index (χ4v) is 4.15. The van der Waals surface area contributed by atoms with Crippen LogP contribution in [-0.2, 0) is 0 Å². The summed E-state index contributed by atoms with van der Waals surface area (Å²) in [6, 6.07) is 7.77. The van der Waals surface area contributed by atoms with Gasteiger partial charge in [-0.3, -0.25) is 0 Å². The molecule has 0 radical (unpaired) electrons. The summed E-state index contributed by atoms with van der Waals surface area (Å²) in [5, 5.41) is 10.4. The van der Waals surface area contributed by atoms with Gasteiger partial charge in [-0.1, -0.05) is 52.1 Å². The summed E-state index contributed by atoms with van der Waals surface area (Å²) in [6.45, 7) is 11.3. The SMILES string of the molecule is CC(C)(C)[Si](C)(C)n1cc(C(=O)O)c2ccccc21. The standard InChI is InChI=1S/C15H21NO2Si/c1-15(2,3)19(4,5)16-10-12(14(17)18)11-8-6-7-9-13(11)16/h6-10H,1-5H3,(H,17,18). The van der Waals surface area contributed by atoms with E-state index in [0.717, 1.165) is 10.9 Å². The van der Waals surface area contributed by atoms with Gasteiger partial charge in [-0.15, -0.1) is 0 Å². The Morgan fingerprint density at radius 1 is 1.21 bits per heavy atom. The second-order valence-electron chi connectivity index (χ2n) is 6.54. The molecule has 0 saturated carbocycles. The Bertz CT molecular complexity index is 635. The highest BCUT2D eigenvalue weighted by Crippen LogP contribution is 2.39. The predicted octanol–water partition coefficient (Wildman–Crippen LogP) is 4.19. The molecular formula is C15H21NO2Si. The highest BCUT2D eigenvalue weighted by Gasteiger charge is 2.38. The van der Waals surface area contributed by atoms with Crippen molar-refractivity contribution in [3.8, 4) is 0 Å². The molecule has 0 spiro atoms. The number of carboxylic acid groups (broad SMARTS) is 1. The molecule has 3 nitrogen and oxygen atoms in total. The summed E-state index contributed by atoms with van der Waals surface area (Å²) in [6.07, 6.45) is 1.82. The summed E-state index contributed by atoms with van der Waals surface area (Å²) in [5.74, 6) is -0.853. The van der Waals surface area contributed by atoms with Gasteiger partial charge < -0.3 is 9.34 Å². The van der Waals surface area contributed by atoms with E-state index in [-0.39, 0.29) is 5.04 Å². The Hall–Kier alpha value is -1.55. The van der Waals surface area contributed by atoms with Crippen molar-refractivity contribution in [3.05, 3.63) is 36.0 Å². The molecule has 0 amide bonds. The minimum Gasteiger partial charge on any atom is -0.478 e. The van der Waals surface area contributed by atoms with E-state index in [2.05, 4.69) is 38.1 Å². The topological polar surface area (TPSA) is 42.2 Å².